The van der Waals surface area contributed by atoms with E-state index < -0.39 is 31.1 Å². The fourth-order valence-electron chi connectivity index (χ4n) is 2.81. The number of hydrogen-bond acceptors (Lipinski definition) is 4. The van der Waals surface area contributed by atoms with E-state index in [9.17, 15) is 16.8 Å². The minimum absolute atomic E-state index is 0.174. The summed E-state index contributed by atoms with van der Waals surface area (Å²) in [6.45, 7) is 7.97. The monoisotopic (exact) mass is 398 g/mol. The summed E-state index contributed by atoms with van der Waals surface area (Å²) in [6.07, 6.45) is 0. The van der Waals surface area contributed by atoms with Crippen molar-refractivity contribution in [3.63, 3.8) is 0 Å². The van der Waals surface area contributed by atoms with E-state index in [2.05, 4.69) is 0 Å². The van der Waals surface area contributed by atoms with Gasteiger partial charge in [0, 0.05) is 0 Å². The Balaban J connectivity index is 2.46. The van der Waals surface area contributed by atoms with E-state index >= 15 is 0 Å². The Morgan fingerprint density at radius 3 is 1.00 bits per heavy atom. The lowest BCUT2D eigenvalue weighted by Crippen LogP contribution is -2.40. The van der Waals surface area contributed by atoms with Crippen LogP contribution in [0.15, 0.2) is 58.3 Å². The van der Waals surface area contributed by atoms with Gasteiger partial charge in [0.05, 0.1) is 9.79 Å². The maximum absolute atomic E-state index is 11.2. The summed E-state index contributed by atoms with van der Waals surface area (Å²) < 4.78 is 63.1. The van der Waals surface area contributed by atoms with Gasteiger partial charge < -0.3 is 0 Å². The summed E-state index contributed by atoms with van der Waals surface area (Å²) in [5, 5.41) is 0. The van der Waals surface area contributed by atoms with Crippen molar-refractivity contribution in [3.05, 3.63) is 59.7 Å². The molecule has 26 heavy (non-hydrogen) atoms. The van der Waals surface area contributed by atoms with Crippen LogP contribution in [0.5, 0.6) is 0 Å². The summed E-state index contributed by atoms with van der Waals surface area (Å²) in [5.41, 5.74) is 0.803. The third kappa shape index (κ3) is 3.83. The molecule has 0 aliphatic carbocycles. The predicted molar refractivity (Wildman–Crippen MR) is 98.6 cm³/mol. The maximum atomic E-state index is 11.2. The molecule has 0 heterocycles. The van der Waals surface area contributed by atoms with Crippen LogP contribution in [0.4, 0.5) is 0 Å². The van der Waals surface area contributed by atoms with Crippen molar-refractivity contribution in [2.45, 2.75) is 48.3 Å². The Kier molecular flexibility index (Phi) is 5.11. The summed E-state index contributed by atoms with van der Waals surface area (Å²) >= 11 is 0. The van der Waals surface area contributed by atoms with Crippen molar-refractivity contribution >= 4 is 20.2 Å². The second-order valence-electron chi connectivity index (χ2n) is 7.25. The molecule has 2 aromatic carbocycles. The molecule has 0 aliphatic rings. The van der Waals surface area contributed by atoms with E-state index in [0.29, 0.717) is 0 Å². The van der Waals surface area contributed by atoms with Gasteiger partial charge in [-0.15, -0.1) is 0 Å². The van der Waals surface area contributed by atoms with Gasteiger partial charge in [-0.3, -0.25) is 9.11 Å². The van der Waals surface area contributed by atoms with Gasteiger partial charge in [0.25, 0.3) is 20.2 Å². The molecular weight excluding hydrogens is 376 g/mol. The van der Waals surface area contributed by atoms with Gasteiger partial charge in [-0.25, -0.2) is 0 Å². The van der Waals surface area contributed by atoms with Crippen LogP contribution >= 0.6 is 0 Å². The van der Waals surface area contributed by atoms with Crippen LogP contribution < -0.4 is 0 Å². The Morgan fingerprint density at radius 2 is 0.808 bits per heavy atom. The van der Waals surface area contributed by atoms with Gasteiger partial charge >= 0.3 is 0 Å². The third-order valence-electron chi connectivity index (χ3n) is 5.31. The minimum Gasteiger partial charge on any atom is -0.282 e. The zero-order valence-electron chi connectivity index (χ0n) is 15.0. The Morgan fingerprint density at radius 1 is 0.577 bits per heavy atom. The van der Waals surface area contributed by atoms with Crippen LogP contribution in [-0.2, 0) is 31.1 Å². The zero-order valence-corrected chi connectivity index (χ0v) is 16.6. The zero-order chi connectivity index (χ0) is 20.0. The highest BCUT2D eigenvalue weighted by Gasteiger charge is 2.39. The first-order valence-corrected chi connectivity index (χ1v) is 10.7. The van der Waals surface area contributed by atoms with Crippen molar-refractivity contribution in [1.82, 2.24) is 0 Å². The van der Waals surface area contributed by atoms with Gasteiger partial charge in [-0.1, -0.05) is 52.0 Å². The standard InChI is InChI=1S/C18H22O6S2/c1-17(2,13-5-9-15(10-6-13)25(19,20)21)18(3,4)14-7-11-16(12-8-14)26(22,23)24/h5-12H,1-4H3,(H,19,20,21)(H,22,23,24). The summed E-state index contributed by atoms with van der Waals surface area (Å²) in [5.74, 6) is 0. The van der Waals surface area contributed by atoms with Crippen LogP contribution in [0.1, 0.15) is 38.8 Å². The highest BCUT2D eigenvalue weighted by molar-refractivity contribution is 7.86. The fraction of sp³-hybridized carbons (Fsp3) is 0.333. The maximum Gasteiger partial charge on any atom is 0.294 e. The highest BCUT2D eigenvalue weighted by atomic mass is 32.2. The van der Waals surface area contributed by atoms with Crippen LogP contribution in [0, 0.1) is 0 Å². The SMILES string of the molecule is CC(C)(c1ccc(S(=O)(=O)O)cc1)C(C)(C)c1ccc(S(=O)(=O)O)cc1. The van der Waals surface area contributed by atoms with Crippen LogP contribution in [-0.4, -0.2) is 25.9 Å². The van der Waals surface area contributed by atoms with Crippen molar-refractivity contribution in [2.75, 3.05) is 0 Å². The molecule has 2 aromatic rings. The molecule has 6 nitrogen and oxygen atoms in total. The first-order chi connectivity index (χ1) is 11.7. The Bertz CT molecular complexity index is 915. The second-order valence-corrected chi connectivity index (χ2v) is 10.1. The van der Waals surface area contributed by atoms with E-state index in [1.807, 2.05) is 27.7 Å². The van der Waals surface area contributed by atoms with Gasteiger partial charge in [-0.05, 0) is 46.2 Å². The lowest BCUT2D eigenvalue weighted by Gasteiger charge is -2.43. The van der Waals surface area contributed by atoms with E-state index in [1.54, 1.807) is 24.3 Å². The first kappa shape index (κ1) is 20.6. The molecule has 0 aromatic heterocycles. The topological polar surface area (TPSA) is 109 Å². The van der Waals surface area contributed by atoms with Crippen LogP contribution in [0.2, 0.25) is 0 Å². The Labute approximate surface area is 154 Å². The van der Waals surface area contributed by atoms with Gasteiger partial charge in [-0.2, -0.15) is 16.8 Å². The molecule has 0 bridgehead atoms. The second kappa shape index (κ2) is 6.45. The molecule has 142 valence electrons. The van der Waals surface area contributed by atoms with Gasteiger partial charge in [0.1, 0.15) is 0 Å². The predicted octanol–water partition coefficient (Wildman–Crippen LogP) is 3.44. The molecule has 0 radical (unpaired) electrons. The van der Waals surface area contributed by atoms with E-state index in [-0.39, 0.29) is 9.79 Å². The average molecular weight is 399 g/mol. The minimum atomic E-state index is -4.25. The Hall–Kier alpha value is -1.74. The largest absolute Gasteiger partial charge is 0.294 e. The summed E-state index contributed by atoms with van der Waals surface area (Å²) in [6, 6.07) is 12.0. The van der Waals surface area contributed by atoms with E-state index in [0.717, 1.165) is 11.1 Å². The van der Waals surface area contributed by atoms with Crippen molar-refractivity contribution in [3.8, 4) is 0 Å². The van der Waals surface area contributed by atoms with Crippen molar-refractivity contribution in [2.24, 2.45) is 0 Å². The number of benzene rings is 2. The van der Waals surface area contributed by atoms with Gasteiger partial charge in [0.2, 0.25) is 0 Å². The molecule has 0 amide bonds. The number of hydrogen-bond donors (Lipinski definition) is 2. The first-order valence-electron chi connectivity index (χ1n) is 7.83. The normalized spacial score (nSPS) is 13.6. The molecule has 0 spiro atoms. The molecule has 0 saturated carbocycles. The molecule has 0 unspecified atom stereocenters. The molecule has 2 rings (SSSR count). The smallest absolute Gasteiger partial charge is 0.282 e. The van der Waals surface area contributed by atoms with Crippen LogP contribution in [0.25, 0.3) is 0 Å². The molecule has 0 aliphatic heterocycles. The molecule has 2 N–H and O–H groups in total. The lowest BCUT2D eigenvalue weighted by molar-refractivity contribution is 0.302. The summed E-state index contributed by atoms with van der Waals surface area (Å²) in [7, 11) is -8.50. The quantitative estimate of drug-likeness (QED) is 0.747. The van der Waals surface area contributed by atoms with Crippen molar-refractivity contribution < 1.29 is 25.9 Å². The lowest BCUT2D eigenvalue weighted by atomic mass is 9.61. The average Bonchev–Trinajstić information content (AvgIpc) is 2.53. The molecule has 0 fully saturated rings. The summed E-state index contributed by atoms with van der Waals surface area (Å²) in [4.78, 5) is -0.347. The molecule has 0 atom stereocenters. The molecular formula is C18H22O6S2. The van der Waals surface area contributed by atoms with Crippen LogP contribution in [0.3, 0.4) is 0 Å². The van der Waals surface area contributed by atoms with E-state index in [4.69, 9.17) is 9.11 Å². The van der Waals surface area contributed by atoms with Gasteiger partial charge in [0.15, 0.2) is 0 Å². The number of rotatable bonds is 5. The van der Waals surface area contributed by atoms with E-state index in [1.165, 1.54) is 24.3 Å². The third-order valence-corrected chi connectivity index (χ3v) is 7.05. The van der Waals surface area contributed by atoms with Crippen molar-refractivity contribution in [1.29, 1.82) is 0 Å². The molecule has 0 saturated heterocycles. The highest BCUT2D eigenvalue weighted by Crippen LogP contribution is 2.44. The molecule has 8 heteroatoms. The fourth-order valence-corrected chi connectivity index (χ4v) is 3.77.